The Labute approximate surface area is 248 Å². The second-order valence-corrected chi connectivity index (χ2v) is 12.6. The van der Waals surface area contributed by atoms with E-state index in [9.17, 15) is 28.8 Å². The lowest BCUT2D eigenvalue weighted by Crippen LogP contribution is -2.44. The fraction of sp³-hybridized carbons (Fsp3) is 0.250. The minimum atomic E-state index is -0.365. The van der Waals surface area contributed by atoms with E-state index in [0.717, 1.165) is 0 Å². The Bertz CT molecular complexity index is 1670. The van der Waals surface area contributed by atoms with Gasteiger partial charge < -0.3 is 0 Å². The molecule has 0 spiro atoms. The van der Waals surface area contributed by atoms with Crippen LogP contribution in [0.25, 0.3) is 0 Å². The molecule has 44 heavy (non-hydrogen) atoms. The number of amides is 6. The van der Waals surface area contributed by atoms with Crippen LogP contribution in [0.3, 0.4) is 0 Å². The molecule has 2 bridgehead atoms. The number of carbonyl (C=O) groups excluding carboxylic acids is 6. The SMILES string of the molecule is O=C1c2ccccc2C(=O)N1N1[C@@H]2C3[C@@H]4[C@H](C([C@@H]21)[C@H]1[C@@H]3N1N1C(=O)c2ccccc2C1=O)N4N1C(=O)c2ccccc2C1=O. The molecule has 12 nitrogen and oxygen atoms in total. The minimum Gasteiger partial charge on any atom is -0.267 e. The third-order valence-corrected chi connectivity index (χ3v) is 11.0. The molecule has 3 saturated heterocycles. The van der Waals surface area contributed by atoms with Crippen molar-refractivity contribution in [1.29, 1.82) is 0 Å². The maximum Gasteiger partial charge on any atom is 0.276 e. The summed E-state index contributed by atoms with van der Waals surface area (Å²) in [6.07, 6.45) is 0. The number of hydrogen-bond donors (Lipinski definition) is 0. The maximum atomic E-state index is 13.5. The normalized spacial score (nSPS) is 39.3. The van der Waals surface area contributed by atoms with Gasteiger partial charge in [-0.2, -0.15) is 0 Å². The Balaban J connectivity index is 0.972. The van der Waals surface area contributed by atoms with E-state index in [2.05, 4.69) is 0 Å². The van der Waals surface area contributed by atoms with Crippen molar-refractivity contribution in [3.05, 3.63) is 106 Å². The van der Waals surface area contributed by atoms with E-state index >= 15 is 0 Å². The van der Waals surface area contributed by atoms with Gasteiger partial charge in [-0.05, 0) is 36.4 Å². The maximum absolute atomic E-state index is 13.5. The summed E-state index contributed by atoms with van der Waals surface area (Å²) >= 11 is 0. The van der Waals surface area contributed by atoms with Crippen LogP contribution in [0.1, 0.15) is 62.1 Å². The van der Waals surface area contributed by atoms with E-state index < -0.39 is 0 Å². The highest BCUT2D eigenvalue weighted by atomic mass is 16.2. The first-order valence-electron chi connectivity index (χ1n) is 14.7. The van der Waals surface area contributed by atoms with Crippen molar-refractivity contribution in [3.63, 3.8) is 0 Å². The molecule has 9 aliphatic rings. The van der Waals surface area contributed by atoms with E-state index in [1.807, 2.05) is 15.0 Å². The molecular weight excluding hydrogens is 564 g/mol. The number of hydrogen-bond acceptors (Lipinski definition) is 9. The molecule has 12 rings (SSSR count). The smallest absolute Gasteiger partial charge is 0.267 e. The Morgan fingerprint density at radius 1 is 0.318 bits per heavy atom. The number of benzene rings is 3. The van der Waals surface area contributed by atoms with Crippen LogP contribution in [0.2, 0.25) is 0 Å². The van der Waals surface area contributed by atoms with Gasteiger partial charge in [0, 0.05) is 11.8 Å². The fourth-order valence-electron chi connectivity index (χ4n) is 9.36. The Kier molecular flexibility index (Phi) is 3.82. The molecule has 6 fully saturated rings. The van der Waals surface area contributed by atoms with Crippen LogP contribution in [0.15, 0.2) is 72.8 Å². The highest BCUT2D eigenvalue weighted by Gasteiger charge is 2.89. The molecule has 0 radical (unpaired) electrons. The molecule has 3 unspecified atom stereocenters. The summed E-state index contributed by atoms with van der Waals surface area (Å²) in [4.78, 5) is 80.8. The molecular formula is C32H20N6O6. The summed E-state index contributed by atoms with van der Waals surface area (Å²) in [7, 11) is 0. The number of carbonyl (C=O) groups is 6. The predicted molar refractivity (Wildman–Crippen MR) is 146 cm³/mol. The Hall–Kier alpha value is -5.04. The van der Waals surface area contributed by atoms with Crippen LogP contribution >= 0.6 is 0 Å². The molecule has 6 amide bonds. The number of fused-ring (bicyclic) bond motifs is 3. The van der Waals surface area contributed by atoms with Gasteiger partial charge in [0.05, 0.1) is 69.6 Å². The molecule has 214 valence electrons. The zero-order chi connectivity index (χ0) is 29.5. The Morgan fingerprint density at radius 3 is 0.682 bits per heavy atom. The summed E-state index contributed by atoms with van der Waals surface area (Å²) in [5.74, 6) is -2.66. The quantitative estimate of drug-likeness (QED) is 0.328. The third kappa shape index (κ3) is 2.37. The molecule has 12 heteroatoms. The highest BCUT2D eigenvalue weighted by Crippen LogP contribution is 2.71. The first-order valence-corrected chi connectivity index (χ1v) is 14.7. The first-order chi connectivity index (χ1) is 21.4. The highest BCUT2D eigenvalue weighted by molar-refractivity contribution is 6.22. The molecule has 6 aliphatic heterocycles. The van der Waals surface area contributed by atoms with Crippen LogP contribution < -0.4 is 0 Å². The fourth-order valence-corrected chi connectivity index (χ4v) is 9.36. The zero-order valence-electron chi connectivity index (χ0n) is 22.7. The molecule has 0 aromatic heterocycles. The van der Waals surface area contributed by atoms with Crippen molar-refractivity contribution in [1.82, 2.24) is 30.1 Å². The standard InChI is InChI=1S/C32H20N6O6/c39-27-13-7-1-2-8-14(13)28(40)36(27)33-21-19-23-24(34(23)37-29(41)15-9-3-4-10-16(15)30(37)42)20(22(21)33)26-25(19)35(26)38-31(43)17-11-5-6-12-18(17)32(38)44/h1-12,19-26H/t19?,20?,21-,22+,23-,24+,25-,26+,33?,34?,35?. The molecule has 3 saturated carbocycles. The Morgan fingerprint density at radius 2 is 0.500 bits per heavy atom. The molecule has 3 aromatic rings. The van der Waals surface area contributed by atoms with Crippen molar-refractivity contribution < 1.29 is 28.8 Å². The molecule has 9 atom stereocenters. The number of hydrazine groups is 3. The monoisotopic (exact) mass is 584 g/mol. The van der Waals surface area contributed by atoms with Gasteiger partial charge in [0.1, 0.15) is 0 Å². The molecule has 0 N–H and O–H groups in total. The minimum absolute atomic E-state index is 0.231. The number of nitrogens with zero attached hydrogens (tertiary/aromatic N) is 6. The van der Waals surface area contributed by atoms with E-state index in [4.69, 9.17) is 0 Å². The third-order valence-electron chi connectivity index (χ3n) is 11.0. The van der Waals surface area contributed by atoms with Crippen LogP contribution in [0.4, 0.5) is 0 Å². The molecule has 3 aliphatic carbocycles. The summed E-state index contributed by atoms with van der Waals surface area (Å²) in [5.41, 5.74) is 2.19. The lowest BCUT2D eigenvalue weighted by molar-refractivity contribution is 0.0154. The second-order valence-electron chi connectivity index (χ2n) is 12.6. The van der Waals surface area contributed by atoms with E-state index in [1.54, 1.807) is 72.8 Å². The van der Waals surface area contributed by atoms with Gasteiger partial charge in [0.2, 0.25) is 0 Å². The summed E-state index contributed by atoms with van der Waals surface area (Å²) in [6.45, 7) is 0. The van der Waals surface area contributed by atoms with Crippen molar-refractivity contribution in [3.8, 4) is 0 Å². The topological polar surface area (TPSA) is 121 Å². The van der Waals surface area contributed by atoms with Crippen LogP contribution in [0.5, 0.6) is 0 Å². The number of imide groups is 3. The van der Waals surface area contributed by atoms with Crippen molar-refractivity contribution in [2.45, 2.75) is 36.3 Å². The second kappa shape index (κ2) is 7.18. The van der Waals surface area contributed by atoms with Gasteiger partial charge in [0.15, 0.2) is 0 Å². The molecule has 3 aromatic carbocycles. The lowest BCUT2D eigenvalue weighted by atomic mass is 9.71. The van der Waals surface area contributed by atoms with E-state index in [0.29, 0.717) is 33.4 Å². The average Bonchev–Trinajstić information content (AvgIpc) is 4.00. The molecule has 6 heterocycles. The predicted octanol–water partition coefficient (Wildman–Crippen LogP) is 1.04. The van der Waals surface area contributed by atoms with Crippen molar-refractivity contribution in [2.75, 3.05) is 0 Å². The van der Waals surface area contributed by atoms with Gasteiger partial charge in [-0.15, -0.1) is 0 Å². The summed E-state index contributed by atoms with van der Waals surface area (Å²) in [6, 6.07) is 18.9. The van der Waals surface area contributed by atoms with Gasteiger partial charge in [-0.3, -0.25) is 28.8 Å². The van der Waals surface area contributed by atoms with E-state index in [1.165, 1.54) is 15.0 Å². The van der Waals surface area contributed by atoms with Gasteiger partial charge >= 0.3 is 0 Å². The average molecular weight is 585 g/mol. The lowest BCUT2D eigenvalue weighted by Gasteiger charge is -2.26. The summed E-state index contributed by atoms with van der Waals surface area (Å²) < 4.78 is 0. The van der Waals surface area contributed by atoms with Gasteiger partial charge in [-0.1, -0.05) is 36.4 Å². The zero-order valence-corrected chi connectivity index (χ0v) is 22.7. The van der Waals surface area contributed by atoms with Crippen LogP contribution in [-0.4, -0.2) is 102 Å². The number of rotatable bonds is 3. The summed E-state index contributed by atoms with van der Waals surface area (Å²) in [5, 5.41) is 9.40. The largest absolute Gasteiger partial charge is 0.276 e. The van der Waals surface area contributed by atoms with Crippen molar-refractivity contribution >= 4 is 35.4 Å². The van der Waals surface area contributed by atoms with Crippen LogP contribution in [-0.2, 0) is 0 Å². The van der Waals surface area contributed by atoms with Gasteiger partial charge in [-0.25, -0.2) is 30.1 Å². The van der Waals surface area contributed by atoms with E-state index in [-0.39, 0.29) is 83.5 Å². The van der Waals surface area contributed by atoms with Gasteiger partial charge in [0.25, 0.3) is 35.4 Å². The van der Waals surface area contributed by atoms with Crippen LogP contribution in [0, 0.1) is 11.8 Å². The first kappa shape index (κ1) is 23.4. The van der Waals surface area contributed by atoms with Crippen molar-refractivity contribution in [2.24, 2.45) is 11.8 Å².